The van der Waals surface area contributed by atoms with E-state index >= 15 is 0 Å². The van der Waals surface area contributed by atoms with Crippen molar-refractivity contribution < 1.29 is 9.00 Å². The highest BCUT2D eigenvalue weighted by atomic mass is 35.5. The Labute approximate surface area is 134 Å². The molecule has 1 atom stereocenters. The van der Waals surface area contributed by atoms with Gasteiger partial charge in [0, 0.05) is 14.9 Å². The maximum Gasteiger partial charge on any atom is 0.237 e. The normalized spacial score (nSPS) is 11.9. The molecular formula is C14H12Cl2N2O2S. The van der Waals surface area contributed by atoms with Crippen molar-refractivity contribution in [3.63, 3.8) is 0 Å². The molecule has 110 valence electrons. The summed E-state index contributed by atoms with van der Waals surface area (Å²) in [5.41, 5.74) is 6.52. The molecule has 0 heterocycles. The van der Waals surface area contributed by atoms with Crippen LogP contribution >= 0.6 is 23.2 Å². The lowest BCUT2D eigenvalue weighted by molar-refractivity contribution is -0.113. The highest BCUT2D eigenvalue weighted by Crippen LogP contribution is 2.23. The lowest BCUT2D eigenvalue weighted by Gasteiger charge is -2.08. The van der Waals surface area contributed by atoms with Crippen molar-refractivity contribution in [1.82, 2.24) is 0 Å². The van der Waals surface area contributed by atoms with Crippen LogP contribution in [0.5, 0.6) is 0 Å². The van der Waals surface area contributed by atoms with E-state index in [0.29, 0.717) is 26.3 Å². The van der Waals surface area contributed by atoms with Gasteiger partial charge in [-0.2, -0.15) is 0 Å². The minimum Gasteiger partial charge on any atom is -0.397 e. The second kappa shape index (κ2) is 6.93. The molecule has 0 aromatic heterocycles. The van der Waals surface area contributed by atoms with Crippen LogP contribution in [0.2, 0.25) is 10.0 Å². The highest BCUT2D eigenvalue weighted by Gasteiger charge is 2.12. The minimum atomic E-state index is -1.48. The second-order valence-corrected chi connectivity index (χ2v) is 6.55. The summed E-state index contributed by atoms with van der Waals surface area (Å²) in [7, 11) is -1.48. The number of halogens is 2. The van der Waals surface area contributed by atoms with Gasteiger partial charge in [0.1, 0.15) is 5.75 Å². The molecule has 7 heteroatoms. The maximum atomic E-state index is 12.1. The number of carbonyl (C=O) groups is 1. The minimum absolute atomic E-state index is 0.188. The molecule has 0 aliphatic heterocycles. The van der Waals surface area contributed by atoms with Gasteiger partial charge in [-0.05, 0) is 36.4 Å². The first-order valence-corrected chi connectivity index (χ1v) is 8.02. The van der Waals surface area contributed by atoms with Gasteiger partial charge in [-0.1, -0.05) is 29.3 Å². The number of hydrogen-bond acceptors (Lipinski definition) is 3. The van der Waals surface area contributed by atoms with E-state index in [-0.39, 0.29) is 5.75 Å². The zero-order valence-corrected chi connectivity index (χ0v) is 13.1. The molecule has 2 aromatic carbocycles. The molecule has 2 aromatic rings. The van der Waals surface area contributed by atoms with Gasteiger partial charge in [0.2, 0.25) is 5.91 Å². The first-order chi connectivity index (χ1) is 9.95. The Bertz CT molecular complexity index is 707. The fraction of sp³-hybridized carbons (Fsp3) is 0.0714. The highest BCUT2D eigenvalue weighted by molar-refractivity contribution is 7.85. The zero-order chi connectivity index (χ0) is 15.4. The standard InChI is InChI=1S/C14H12Cl2N2O2S/c15-9-2-1-3-11(6-9)21(20)8-14(19)18-13-7-10(16)4-5-12(13)17/h1-7H,8,17H2,(H,18,19). The molecule has 2 rings (SSSR count). The Morgan fingerprint density at radius 3 is 2.57 bits per heavy atom. The Kier molecular flexibility index (Phi) is 5.22. The number of nitrogens with two attached hydrogens (primary N) is 1. The van der Waals surface area contributed by atoms with Crippen LogP contribution in [-0.2, 0) is 15.6 Å². The third kappa shape index (κ3) is 4.46. The fourth-order valence-electron chi connectivity index (χ4n) is 1.63. The molecule has 0 bridgehead atoms. The number of benzene rings is 2. The van der Waals surface area contributed by atoms with Gasteiger partial charge in [0.25, 0.3) is 0 Å². The molecule has 0 radical (unpaired) electrons. The summed E-state index contributed by atoms with van der Waals surface area (Å²) in [6, 6.07) is 11.3. The number of anilines is 2. The van der Waals surface area contributed by atoms with Gasteiger partial charge < -0.3 is 11.1 Å². The van der Waals surface area contributed by atoms with E-state index in [0.717, 1.165) is 0 Å². The molecule has 0 aliphatic rings. The third-order valence-corrected chi connectivity index (χ3v) is 4.38. The molecule has 0 saturated heterocycles. The summed E-state index contributed by atoms with van der Waals surface area (Å²) in [6.45, 7) is 0. The number of nitrogen functional groups attached to an aromatic ring is 1. The van der Waals surface area contributed by atoms with Crippen molar-refractivity contribution in [2.45, 2.75) is 4.90 Å². The fourth-order valence-corrected chi connectivity index (χ4v) is 3.03. The van der Waals surface area contributed by atoms with Gasteiger partial charge in [-0.3, -0.25) is 9.00 Å². The molecule has 4 nitrogen and oxygen atoms in total. The number of carbonyl (C=O) groups excluding carboxylic acids is 1. The molecule has 0 aliphatic carbocycles. The quantitative estimate of drug-likeness (QED) is 0.837. The van der Waals surface area contributed by atoms with Gasteiger partial charge in [0.05, 0.1) is 22.2 Å². The first kappa shape index (κ1) is 15.8. The van der Waals surface area contributed by atoms with Crippen molar-refractivity contribution in [1.29, 1.82) is 0 Å². The molecule has 21 heavy (non-hydrogen) atoms. The summed E-state index contributed by atoms with van der Waals surface area (Å²) in [5, 5.41) is 3.52. The van der Waals surface area contributed by atoms with Crippen molar-refractivity contribution >= 4 is 51.3 Å². The van der Waals surface area contributed by atoms with Gasteiger partial charge in [0.15, 0.2) is 0 Å². The summed E-state index contributed by atoms with van der Waals surface area (Å²) >= 11 is 11.7. The van der Waals surface area contributed by atoms with Gasteiger partial charge >= 0.3 is 0 Å². The summed E-state index contributed by atoms with van der Waals surface area (Å²) in [4.78, 5) is 12.4. The second-order valence-electron chi connectivity index (χ2n) is 4.23. The van der Waals surface area contributed by atoms with E-state index < -0.39 is 16.7 Å². The average Bonchev–Trinajstić information content (AvgIpc) is 2.42. The van der Waals surface area contributed by atoms with Crippen molar-refractivity contribution in [2.24, 2.45) is 0 Å². The largest absolute Gasteiger partial charge is 0.397 e. The van der Waals surface area contributed by atoms with Crippen LogP contribution < -0.4 is 11.1 Å². The predicted octanol–water partition coefficient (Wildman–Crippen LogP) is 3.32. The van der Waals surface area contributed by atoms with E-state index in [1.54, 1.807) is 36.4 Å². The predicted molar refractivity (Wildman–Crippen MR) is 87.2 cm³/mol. The van der Waals surface area contributed by atoms with Crippen LogP contribution in [0.25, 0.3) is 0 Å². The van der Waals surface area contributed by atoms with Gasteiger partial charge in [-0.25, -0.2) is 0 Å². The molecule has 0 saturated carbocycles. The SMILES string of the molecule is Nc1ccc(Cl)cc1NC(=O)CS(=O)c1cccc(Cl)c1. The number of nitrogens with one attached hydrogen (secondary N) is 1. The van der Waals surface area contributed by atoms with Crippen LogP contribution in [0.3, 0.4) is 0 Å². The number of rotatable bonds is 4. The van der Waals surface area contributed by atoms with E-state index in [1.807, 2.05) is 0 Å². The smallest absolute Gasteiger partial charge is 0.237 e. The zero-order valence-electron chi connectivity index (χ0n) is 10.8. The number of hydrogen-bond donors (Lipinski definition) is 2. The molecule has 1 amide bonds. The Hall–Kier alpha value is -1.56. The monoisotopic (exact) mass is 342 g/mol. The van der Waals surface area contributed by atoms with E-state index in [2.05, 4.69) is 5.32 Å². The van der Waals surface area contributed by atoms with Crippen LogP contribution in [0.4, 0.5) is 11.4 Å². The lowest BCUT2D eigenvalue weighted by Crippen LogP contribution is -2.20. The van der Waals surface area contributed by atoms with Crippen molar-refractivity contribution in [3.8, 4) is 0 Å². The Morgan fingerprint density at radius 1 is 1.14 bits per heavy atom. The molecule has 0 fully saturated rings. The Balaban J connectivity index is 2.05. The van der Waals surface area contributed by atoms with Crippen LogP contribution in [0.1, 0.15) is 0 Å². The van der Waals surface area contributed by atoms with Crippen molar-refractivity contribution in [3.05, 3.63) is 52.5 Å². The van der Waals surface area contributed by atoms with E-state index in [4.69, 9.17) is 28.9 Å². The summed E-state index contributed by atoms with van der Waals surface area (Å²) in [6.07, 6.45) is 0. The Morgan fingerprint density at radius 2 is 1.86 bits per heavy atom. The van der Waals surface area contributed by atoms with Crippen molar-refractivity contribution in [2.75, 3.05) is 16.8 Å². The summed E-state index contributed by atoms with van der Waals surface area (Å²) < 4.78 is 12.1. The van der Waals surface area contributed by atoms with Crippen LogP contribution in [-0.4, -0.2) is 15.9 Å². The van der Waals surface area contributed by atoms with E-state index in [9.17, 15) is 9.00 Å². The lowest BCUT2D eigenvalue weighted by atomic mass is 10.2. The van der Waals surface area contributed by atoms with Crippen LogP contribution in [0.15, 0.2) is 47.4 Å². The number of amides is 1. The summed E-state index contributed by atoms with van der Waals surface area (Å²) in [5.74, 6) is -0.603. The third-order valence-electron chi connectivity index (χ3n) is 2.61. The molecule has 3 N–H and O–H groups in total. The topological polar surface area (TPSA) is 72.2 Å². The maximum absolute atomic E-state index is 12.1. The molecular weight excluding hydrogens is 331 g/mol. The average molecular weight is 343 g/mol. The molecule has 0 spiro atoms. The van der Waals surface area contributed by atoms with E-state index in [1.165, 1.54) is 6.07 Å². The van der Waals surface area contributed by atoms with Crippen LogP contribution in [0, 0.1) is 0 Å². The van der Waals surface area contributed by atoms with Gasteiger partial charge in [-0.15, -0.1) is 0 Å². The molecule has 1 unspecified atom stereocenters. The first-order valence-electron chi connectivity index (χ1n) is 5.94.